The molecule has 1 aromatic carbocycles. The number of aliphatic hydroxyl groups is 1. The van der Waals surface area contributed by atoms with E-state index in [0.29, 0.717) is 11.8 Å². The summed E-state index contributed by atoms with van der Waals surface area (Å²) in [6.07, 6.45) is 5.64. The van der Waals surface area contributed by atoms with Crippen LogP contribution in [-0.2, 0) is 0 Å². The Morgan fingerprint density at radius 3 is 2.75 bits per heavy atom. The number of fused-ring (bicyclic) bond motifs is 1. The highest BCUT2D eigenvalue weighted by Gasteiger charge is 2.28. The Morgan fingerprint density at radius 2 is 2.06 bits per heavy atom. The standard InChI is InChI=1S/C15H20O/c1-3-11(2)13-9-8-12-6-4-5-7-14(12)15(13)10-16/h4-9,11,13,15-16H,3,10H2,1-2H3. The van der Waals surface area contributed by atoms with E-state index in [-0.39, 0.29) is 12.5 Å². The predicted molar refractivity (Wildman–Crippen MR) is 68.2 cm³/mol. The second-order valence-electron chi connectivity index (χ2n) is 4.74. The van der Waals surface area contributed by atoms with Crippen LogP contribution in [0.2, 0.25) is 0 Å². The highest BCUT2D eigenvalue weighted by atomic mass is 16.3. The molecule has 1 aromatic rings. The van der Waals surface area contributed by atoms with Gasteiger partial charge >= 0.3 is 0 Å². The topological polar surface area (TPSA) is 20.2 Å². The zero-order valence-corrected chi connectivity index (χ0v) is 10.1. The van der Waals surface area contributed by atoms with Gasteiger partial charge in [0.2, 0.25) is 0 Å². The van der Waals surface area contributed by atoms with Gasteiger partial charge in [0.25, 0.3) is 0 Å². The van der Waals surface area contributed by atoms with Crippen molar-refractivity contribution in [3.8, 4) is 0 Å². The highest BCUT2D eigenvalue weighted by Crippen LogP contribution is 2.38. The maximum absolute atomic E-state index is 9.62. The molecule has 3 atom stereocenters. The Morgan fingerprint density at radius 1 is 1.31 bits per heavy atom. The van der Waals surface area contributed by atoms with E-state index in [1.165, 1.54) is 11.1 Å². The number of hydrogen-bond donors (Lipinski definition) is 1. The molecule has 86 valence electrons. The molecule has 0 aliphatic heterocycles. The van der Waals surface area contributed by atoms with Gasteiger partial charge in [-0.1, -0.05) is 56.7 Å². The Kier molecular flexibility index (Phi) is 3.45. The number of rotatable bonds is 3. The summed E-state index contributed by atoms with van der Waals surface area (Å²) in [4.78, 5) is 0. The summed E-state index contributed by atoms with van der Waals surface area (Å²) in [5, 5.41) is 9.62. The fraction of sp³-hybridized carbons (Fsp3) is 0.467. The van der Waals surface area contributed by atoms with Gasteiger partial charge in [-0.2, -0.15) is 0 Å². The molecular formula is C15H20O. The number of allylic oxidation sites excluding steroid dienone is 1. The fourth-order valence-corrected chi connectivity index (χ4v) is 2.64. The summed E-state index contributed by atoms with van der Waals surface area (Å²) in [6, 6.07) is 8.39. The van der Waals surface area contributed by atoms with E-state index in [0.717, 1.165) is 6.42 Å². The van der Waals surface area contributed by atoms with Crippen LogP contribution >= 0.6 is 0 Å². The molecule has 0 aromatic heterocycles. The van der Waals surface area contributed by atoms with Gasteiger partial charge in [-0.05, 0) is 23.0 Å². The van der Waals surface area contributed by atoms with Gasteiger partial charge < -0.3 is 5.11 Å². The van der Waals surface area contributed by atoms with E-state index in [4.69, 9.17) is 0 Å². The Balaban J connectivity index is 2.36. The zero-order chi connectivity index (χ0) is 11.5. The van der Waals surface area contributed by atoms with Crippen molar-refractivity contribution in [1.29, 1.82) is 0 Å². The van der Waals surface area contributed by atoms with Crippen molar-refractivity contribution in [1.82, 2.24) is 0 Å². The smallest absolute Gasteiger partial charge is 0.0505 e. The van der Waals surface area contributed by atoms with Crippen molar-refractivity contribution in [3.05, 3.63) is 41.5 Å². The van der Waals surface area contributed by atoms with E-state index >= 15 is 0 Å². The molecule has 16 heavy (non-hydrogen) atoms. The molecule has 0 saturated heterocycles. The SMILES string of the molecule is CCC(C)C1C=Cc2ccccc2C1CO. The summed E-state index contributed by atoms with van der Waals surface area (Å²) in [7, 11) is 0. The van der Waals surface area contributed by atoms with Crippen molar-refractivity contribution >= 4 is 6.08 Å². The predicted octanol–water partition coefficient (Wildman–Crippen LogP) is 3.45. The molecule has 0 radical (unpaired) electrons. The molecule has 0 fully saturated rings. The summed E-state index contributed by atoms with van der Waals surface area (Å²) < 4.78 is 0. The summed E-state index contributed by atoms with van der Waals surface area (Å²) in [5.41, 5.74) is 2.57. The second-order valence-corrected chi connectivity index (χ2v) is 4.74. The fourth-order valence-electron chi connectivity index (χ4n) is 2.64. The van der Waals surface area contributed by atoms with E-state index < -0.39 is 0 Å². The molecule has 2 rings (SSSR count). The van der Waals surface area contributed by atoms with E-state index in [9.17, 15) is 5.11 Å². The van der Waals surface area contributed by atoms with Crippen LogP contribution in [0.4, 0.5) is 0 Å². The molecule has 0 amide bonds. The van der Waals surface area contributed by atoms with Crippen LogP contribution in [0.3, 0.4) is 0 Å². The van der Waals surface area contributed by atoms with Crippen molar-refractivity contribution in [2.75, 3.05) is 6.61 Å². The van der Waals surface area contributed by atoms with E-state index in [2.05, 4.69) is 50.3 Å². The molecule has 3 unspecified atom stereocenters. The van der Waals surface area contributed by atoms with Gasteiger partial charge in [0, 0.05) is 5.92 Å². The average Bonchev–Trinajstić information content (AvgIpc) is 2.36. The molecule has 1 nitrogen and oxygen atoms in total. The van der Waals surface area contributed by atoms with Gasteiger partial charge in [0.15, 0.2) is 0 Å². The Bertz CT molecular complexity index is 381. The van der Waals surface area contributed by atoms with Crippen LogP contribution in [0.5, 0.6) is 0 Å². The largest absolute Gasteiger partial charge is 0.396 e. The van der Waals surface area contributed by atoms with Gasteiger partial charge in [-0.25, -0.2) is 0 Å². The first kappa shape index (κ1) is 11.4. The van der Waals surface area contributed by atoms with Crippen LogP contribution in [0.25, 0.3) is 6.08 Å². The monoisotopic (exact) mass is 216 g/mol. The normalized spacial score (nSPS) is 25.2. The summed E-state index contributed by atoms with van der Waals surface area (Å²) in [5.74, 6) is 1.38. The van der Waals surface area contributed by atoms with Crippen molar-refractivity contribution in [2.45, 2.75) is 26.2 Å². The minimum atomic E-state index is 0.246. The second kappa shape index (κ2) is 4.84. The highest BCUT2D eigenvalue weighted by molar-refractivity contribution is 5.58. The maximum atomic E-state index is 9.62. The maximum Gasteiger partial charge on any atom is 0.0505 e. The van der Waals surface area contributed by atoms with Crippen molar-refractivity contribution in [2.24, 2.45) is 11.8 Å². The lowest BCUT2D eigenvalue weighted by Crippen LogP contribution is -2.24. The van der Waals surface area contributed by atoms with E-state index in [1.54, 1.807) is 0 Å². The van der Waals surface area contributed by atoms with Gasteiger partial charge in [-0.15, -0.1) is 0 Å². The summed E-state index contributed by atoms with van der Waals surface area (Å²) >= 11 is 0. The third-order valence-corrected chi connectivity index (χ3v) is 3.86. The van der Waals surface area contributed by atoms with Crippen LogP contribution in [0, 0.1) is 11.8 Å². The first-order chi connectivity index (χ1) is 7.77. The van der Waals surface area contributed by atoms with Crippen LogP contribution < -0.4 is 0 Å². The third-order valence-electron chi connectivity index (χ3n) is 3.86. The Hall–Kier alpha value is -1.08. The molecule has 0 spiro atoms. The molecular weight excluding hydrogens is 196 g/mol. The molecule has 1 aliphatic rings. The lowest BCUT2D eigenvalue weighted by atomic mass is 9.73. The zero-order valence-electron chi connectivity index (χ0n) is 10.1. The number of hydrogen-bond acceptors (Lipinski definition) is 1. The summed E-state index contributed by atoms with van der Waals surface area (Å²) in [6.45, 7) is 4.73. The van der Waals surface area contributed by atoms with Crippen LogP contribution in [0.15, 0.2) is 30.3 Å². The minimum absolute atomic E-state index is 0.246. The van der Waals surface area contributed by atoms with E-state index in [1.807, 2.05) is 0 Å². The lowest BCUT2D eigenvalue weighted by molar-refractivity contribution is 0.212. The lowest BCUT2D eigenvalue weighted by Gasteiger charge is -2.32. The minimum Gasteiger partial charge on any atom is -0.396 e. The van der Waals surface area contributed by atoms with Crippen molar-refractivity contribution < 1.29 is 5.11 Å². The average molecular weight is 216 g/mol. The molecule has 0 bridgehead atoms. The molecule has 0 saturated carbocycles. The third kappa shape index (κ3) is 1.92. The Labute approximate surface area is 97.8 Å². The number of aliphatic hydroxyl groups excluding tert-OH is 1. The van der Waals surface area contributed by atoms with Gasteiger partial charge in [0.05, 0.1) is 6.61 Å². The molecule has 1 heteroatoms. The quantitative estimate of drug-likeness (QED) is 0.820. The van der Waals surface area contributed by atoms with Crippen LogP contribution in [0.1, 0.15) is 37.3 Å². The van der Waals surface area contributed by atoms with Gasteiger partial charge in [-0.3, -0.25) is 0 Å². The first-order valence-electron chi connectivity index (χ1n) is 6.16. The molecule has 1 N–H and O–H groups in total. The molecule has 0 heterocycles. The molecule has 1 aliphatic carbocycles. The van der Waals surface area contributed by atoms with Gasteiger partial charge in [0.1, 0.15) is 0 Å². The van der Waals surface area contributed by atoms with Crippen LogP contribution in [-0.4, -0.2) is 11.7 Å². The van der Waals surface area contributed by atoms with Crippen molar-refractivity contribution in [3.63, 3.8) is 0 Å². The number of benzene rings is 1. The first-order valence-corrected chi connectivity index (χ1v) is 6.16.